The minimum atomic E-state index is -0.559. The molecule has 0 spiro atoms. The zero-order chi connectivity index (χ0) is 14.7. The summed E-state index contributed by atoms with van der Waals surface area (Å²) in [5, 5.41) is 10.9. The van der Waals surface area contributed by atoms with E-state index in [0.717, 1.165) is 19.3 Å². The fourth-order valence-electron chi connectivity index (χ4n) is 2.48. The van der Waals surface area contributed by atoms with E-state index in [-0.39, 0.29) is 17.3 Å². The topological polar surface area (TPSA) is 89.5 Å². The molecule has 0 saturated carbocycles. The van der Waals surface area contributed by atoms with Crippen molar-refractivity contribution >= 4 is 17.3 Å². The number of nitrogens with two attached hydrogens (primary N) is 1. The van der Waals surface area contributed by atoms with Gasteiger partial charge in [0.2, 0.25) is 0 Å². The van der Waals surface area contributed by atoms with Gasteiger partial charge in [-0.2, -0.15) is 0 Å². The lowest BCUT2D eigenvalue weighted by Gasteiger charge is -2.20. The number of hydrogen-bond acceptors (Lipinski definition) is 4. The minimum absolute atomic E-state index is 0.0797. The third-order valence-corrected chi connectivity index (χ3v) is 3.78. The molecule has 2 N–H and O–H groups in total. The molecule has 1 aromatic rings. The summed E-state index contributed by atoms with van der Waals surface area (Å²) in [4.78, 5) is 24.5. The highest BCUT2D eigenvalue weighted by molar-refractivity contribution is 5.95. The fourth-order valence-corrected chi connectivity index (χ4v) is 2.48. The van der Waals surface area contributed by atoms with Gasteiger partial charge >= 0.3 is 0 Å². The molecule has 1 unspecified atom stereocenters. The molecule has 0 aliphatic carbocycles. The first-order valence-corrected chi connectivity index (χ1v) is 6.82. The molecule has 0 radical (unpaired) electrons. The quantitative estimate of drug-likeness (QED) is 0.510. The Kier molecular flexibility index (Phi) is 4.22. The average molecular weight is 277 g/mol. The summed E-state index contributed by atoms with van der Waals surface area (Å²) in [5.41, 5.74) is 5.75. The predicted molar refractivity (Wildman–Crippen MR) is 76.4 cm³/mol. The van der Waals surface area contributed by atoms with E-state index in [2.05, 4.69) is 6.92 Å². The van der Waals surface area contributed by atoms with Crippen LogP contribution in [0.2, 0.25) is 0 Å². The summed E-state index contributed by atoms with van der Waals surface area (Å²) < 4.78 is 0. The van der Waals surface area contributed by atoms with Gasteiger partial charge in [-0.15, -0.1) is 0 Å². The third-order valence-electron chi connectivity index (χ3n) is 3.78. The van der Waals surface area contributed by atoms with Crippen LogP contribution in [0.3, 0.4) is 0 Å². The van der Waals surface area contributed by atoms with Crippen molar-refractivity contribution in [3.8, 4) is 0 Å². The van der Waals surface area contributed by atoms with Gasteiger partial charge in [0.1, 0.15) is 5.69 Å². The second-order valence-corrected chi connectivity index (χ2v) is 5.36. The molecule has 0 aromatic heterocycles. The van der Waals surface area contributed by atoms with Crippen LogP contribution in [-0.2, 0) is 0 Å². The number of nitro groups is 1. The Morgan fingerprint density at radius 2 is 2.15 bits per heavy atom. The number of nitrogens with zero attached hydrogens (tertiary/aromatic N) is 2. The number of hydrogen-bond donors (Lipinski definition) is 1. The molecule has 1 amide bonds. The Morgan fingerprint density at radius 3 is 2.85 bits per heavy atom. The maximum absolute atomic E-state index is 12.4. The van der Waals surface area contributed by atoms with Gasteiger partial charge in [0.15, 0.2) is 0 Å². The highest BCUT2D eigenvalue weighted by Crippen LogP contribution is 2.24. The number of carbonyl (C=O) groups excluding carboxylic acids is 1. The van der Waals surface area contributed by atoms with E-state index in [1.54, 1.807) is 11.0 Å². The van der Waals surface area contributed by atoms with Crippen LogP contribution in [0.1, 0.15) is 36.5 Å². The molecule has 2 rings (SSSR count). The van der Waals surface area contributed by atoms with Crippen LogP contribution in [0, 0.1) is 16.0 Å². The molecule has 1 aliphatic heterocycles. The van der Waals surface area contributed by atoms with E-state index in [9.17, 15) is 14.9 Å². The minimum Gasteiger partial charge on any atom is -0.393 e. The number of nitro benzene ring substituents is 1. The van der Waals surface area contributed by atoms with Crippen LogP contribution in [0.15, 0.2) is 18.2 Å². The SMILES string of the molecule is CC1CCCN(C(=O)c2ccc(N)c([N+](=O)[O-])c2)CC1. The lowest BCUT2D eigenvalue weighted by molar-refractivity contribution is -0.383. The molecular weight excluding hydrogens is 258 g/mol. The van der Waals surface area contributed by atoms with Crippen LogP contribution < -0.4 is 5.73 Å². The number of nitrogen functional groups attached to an aromatic ring is 1. The van der Waals surface area contributed by atoms with Crippen LogP contribution in [0.4, 0.5) is 11.4 Å². The Hall–Kier alpha value is -2.11. The van der Waals surface area contributed by atoms with Crippen molar-refractivity contribution in [3.63, 3.8) is 0 Å². The number of carbonyl (C=O) groups is 1. The summed E-state index contributed by atoms with van der Waals surface area (Å²) in [6, 6.07) is 4.25. The molecule has 6 heteroatoms. The van der Waals surface area contributed by atoms with E-state index >= 15 is 0 Å². The van der Waals surface area contributed by atoms with E-state index in [1.165, 1.54) is 12.1 Å². The molecule has 1 atom stereocenters. The Bertz CT molecular complexity index is 530. The molecule has 108 valence electrons. The van der Waals surface area contributed by atoms with Gasteiger partial charge in [-0.3, -0.25) is 14.9 Å². The average Bonchev–Trinajstić information content (AvgIpc) is 2.63. The number of likely N-dealkylation sites (tertiary alicyclic amines) is 1. The summed E-state index contributed by atoms with van der Waals surface area (Å²) in [6.07, 6.45) is 3.07. The van der Waals surface area contributed by atoms with Gasteiger partial charge in [0, 0.05) is 24.7 Å². The molecule has 1 saturated heterocycles. The van der Waals surface area contributed by atoms with Gasteiger partial charge < -0.3 is 10.6 Å². The summed E-state index contributed by atoms with van der Waals surface area (Å²) >= 11 is 0. The van der Waals surface area contributed by atoms with E-state index in [4.69, 9.17) is 5.73 Å². The van der Waals surface area contributed by atoms with Crippen molar-refractivity contribution < 1.29 is 9.72 Å². The molecule has 1 heterocycles. The fraction of sp³-hybridized carbons (Fsp3) is 0.500. The van der Waals surface area contributed by atoms with Crippen LogP contribution >= 0.6 is 0 Å². The number of benzene rings is 1. The monoisotopic (exact) mass is 277 g/mol. The molecule has 1 aliphatic rings. The Morgan fingerprint density at radius 1 is 1.40 bits per heavy atom. The van der Waals surface area contributed by atoms with Crippen molar-refractivity contribution in [1.82, 2.24) is 4.90 Å². The van der Waals surface area contributed by atoms with Crippen molar-refractivity contribution in [2.24, 2.45) is 5.92 Å². The third kappa shape index (κ3) is 3.07. The standard InChI is InChI=1S/C14H19N3O3/c1-10-3-2-7-16(8-6-10)14(18)11-4-5-12(15)13(9-11)17(19)20/h4-5,9-10H,2-3,6-8,15H2,1H3. The maximum Gasteiger partial charge on any atom is 0.292 e. The number of amides is 1. The molecule has 0 bridgehead atoms. The molecule has 6 nitrogen and oxygen atoms in total. The van der Waals surface area contributed by atoms with Crippen molar-refractivity contribution in [1.29, 1.82) is 0 Å². The Labute approximate surface area is 117 Å². The number of rotatable bonds is 2. The zero-order valence-corrected chi connectivity index (χ0v) is 11.5. The summed E-state index contributed by atoms with van der Waals surface area (Å²) in [7, 11) is 0. The van der Waals surface area contributed by atoms with Crippen molar-refractivity contribution in [3.05, 3.63) is 33.9 Å². The second kappa shape index (κ2) is 5.90. The highest BCUT2D eigenvalue weighted by Gasteiger charge is 2.22. The first-order valence-electron chi connectivity index (χ1n) is 6.82. The van der Waals surface area contributed by atoms with Gasteiger partial charge in [-0.05, 0) is 37.3 Å². The van der Waals surface area contributed by atoms with E-state index < -0.39 is 4.92 Å². The first kappa shape index (κ1) is 14.3. The van der Waals surface area contributed by atoms with Gasteiger partial charge in [-0.25, -0.2) is 0 Å². The molecule has 1 aromatic carbocycles. The highest BCUT2D eigenvalue weighted by atomic mass is 16.6. The molecular formula is C14H19N3O3. The molecule has 20 heavy (non-hydrogen) atoms. The number of anilines is 1. The van der Waals surface area contributed by atoms with Crippen LogP contribution in [0.25, 0.3) is 0 Å². The Balaban J connectivity index is 2.20. The van der Waals surface area contributed by atoms with Gasteiger partial charge in [0.05, 0.1) is 4.92 Å². The summed E-state index contributed by atoms with van der Waals surface area (Å²) in [6.45, 7) is 3.60. The normalized spacial score (nSPS) is 19.4. The largest absolute Gasteiger partial charge is 0.393 e. The van der Waals surface area contributed by atoms with Gasteiger partial charge in [-0.1, -0.05) is 6.92 Å². The lowest BCUT2D eigenvalue weighted by atomic mass is 10.0. The summed E-state index contributed by atoms with van der Waals surface area (Å²) in [5.74, 6) is 0.468. The predicted octanol–water partition coefficient (Wildman–Crippen LogP) is 2.44. The van der Waals surface area contributed by atoms with Gasteiger partial charge in [0.25, 0.3) is 11.6 Å². The molecule has 1 fully saturated rings. The van der Waals surface area contributed by atoms with Crippen molar-refractivity contribution in [2.75, 3.05) is 18.8 Å². The van der Waals surface area contributed by atoms with Crippen LogP contribution in [0.5, 0.6) is 0 Å². The maximum atomic E-state index is 12.4. The second-order valence-electron chi connectivity index (χ2n) is 5.36. The van der Waals surface area contributed by atoms with Crippen LogP contribution in [-0.4, -0.2) is 28.8 Å². The first-order chi connectivity index (χ1) is 9.49. The van der Waals surface area contributed by atoms with E-state index in [0.29, 0.717) is 24.6 Å². The van der Waals surface area contributed by atoms with E-state index in [1.807, 2.05) is 0 Å². The smallest absolute Gasteiger partial charge is 0.292 e. The zero-order valence-electron chi connectivity index (χ0n) is 11.5. The lowest BCUT2D eigenvalue weighted by Crippen LogP contribution is -2.32. The van der Waals surface area contributed by atoms with Crippen molar-refractivity contribution in [2.45, 2.75) is 26.2 Å².